The predicted molar refractivity (Wildman–Crippen MR) is 119 cm³/mol. The lowest BCUT2D eigenvalue weighted by molar-refractivity contribution is 0.0811. The molecule has 0 heterocycles. The molecule has 0 aliphatic heterocycles. The van der Waals surface area contributed by atoms with Crippen LogP contribution in [0.1, 0.15) is 65.7 Å². The topological polar surface area (TPSA) is 9.23 Å². The zero-order valence-corrected chi connectivity index (χ0v) is 20.4. The van der Waals surface area contributed by atoms with Crippen molar-refractivity contribution in [1.82, 2.24) is 0 Å². The van der Waals surface area contributed by atoms with Crippen molar-refractivity contribution in [3.05, 3.63) is 22.7 Å². The first-order valence-corrected chi connectivity index (χ1v) is 15.1. The van der Waals surface area contributed by atoms with Crippen molar-refractivity contribution in [3.8, 4) is 0 Å². The molecule has 3 rings (SSSR count). The molecule has 3 heteroatoms. The Morgan fingerprint density at radius 2 is 2.04 bits per heavy atom. The van der Waals surface area contributed by atoms with Gasteiger partial charge in [-0.25, -0.2) is 0 Å². The molecule has 2 fully saturated rings. The van der Waals surface area contributed by atoms with Gasteiger partial charge in [0.15, 0.2) is 8.32 Å². The van der Waals surface area contributed by atoms with Crippen molar-refractivity contribution in [1.29, 1.82) is 0 Å². The minimum absolute atomic E-state index is 0.0202. The molecule has 0 radical (unpaired) electrons. The van der Waals surface area contributed by atoms with E-state index in [4.69, 9.17) is 4.43 Å². The van der Waals surface area contributed by atoms with Crippen LogP contribution in [0.5, 0.6) is 0 Å². The van der Waals surface area contributed by atoms with Crippen LogP contribution in [0.15, 0.2) is 22.7 Å². The quantitative estimate of drug-likeness (QED) is 0.315. The van der Waals surface area contributed by atoms with E-state index in [-0.39, 0.29) is 5.60 Å². The van der Waals surface area contributed by atoms with Crippen molar-refractivity contribution in [2.24, 2.45) is 29.1 Å². The molecular weight excluding hydrogens is 400 g/mol. The summed E-state index contributed by atoms with van der Waals surface area (Å²) in [6.45, 7) is 14.4. The molecule has 2 saturated carbocycles. The van der Waals surface area contributed by atoms with E-state index in [0.717, 1.165) is 17.8 Å². The van der Waals surface area contributed by atoms with E-state index < -0.39 is 8.32 Å². The summed E-state index contributed by atoms with van der Waals surface area (Å²) in [6, 6.07) is 0. The van der Waals surface area contributed by atoms with Crippen LogP contribution < -0.4 is 0 Å². The Labute approximate surface area is 171 Å². The van der Waals surface area contributed by atoms with Crippen molar-refractivity contribution < 1.29 is 4.43 Å². The van der Waals surface area contributed by atoms with Crippen LogP contribution in [0.4, 0.5) is 0 Å². The van der Waals surface area contributed by atoms with Gasteiger partial charge in [0.25, 0.3) is 0 Å². The smallest absolute Gasteiger partial charge is 0.184 e. The van der Waals surface area contributed by atoms with Gasteiger partial charge in [-0.3, -0.25) is 0 Å². The van der Waals surface area contributed by atoms with E-state index in [2.05, 4.69) is 73.5 Å². The highest BCUT2D eigenvalue weighted by molar-refractivity contribution is 9.11. The molecular formula is C23H39BrOSi. The summed E-state index contributed by atoms with van der Waals surface area (Å²) < 4.78 is 6.50. The minimum atomic E-state index is -1.50. The zero-order chi connectivity index (χ0) is 19.2. The first-order valence-electron chi connectivity index (χ1n) is 10.7. The summed E-state index contributed by atoms with van der Waals surface area (Å²) in [5.74, 6) is 3.21. The fourth-order valence-electron chi connectivity index (χ4n) is 6.72. The second kappa shape index (κ2) is 7.52. The van der Waals surface area contributed by atoms with E-state index in [1.165, 1.54) is 44.9 Å². The Morgan fingerprint density at radius 3 is 2.69 bits per heavy atom. The maximum Gasteiger partial charge on any atom is 0.184 e. The molecule has 0 amide bonds. The average molecular weight is 440 g/mol. The molecule has 0 spiro atoms. The van der Waals surface area contributed by atoms with Gasteiger partial charge in [0.1, 0.15) is 0 Å². The van der Waals surface area contributed by atoms with E-state index in [9.17, 15) is 0 Å². The third kappa shape index (κ3) is 4.25. The van der Waals surface area contributed by atoms with Crippen LogP contribution in [0, 0.1) is 29.1 Å². The third-order valence-electron chi connectivity index (χ3n) is 7.47. The first kappa shape index (κ1) is 20.9. The monoisotopic (exact) mass is 438 g/mol. The summed E-state index contributed by atoms with van der Waals surface area (Å²) >= 11 is 3.65. The maximum absolute atomic E-state index is 6.50. The van der Waals surface area contributed by atoms with Gasteiger partial charge in [0.05, 0.1) is 5.60 Å². The van der Waals surface area contributed by atoms with Crippen LogP contribution in [-0.2, 0) is 4.43 Å². The van der Waals surface area contributed by atoms with Crippen molar-refractivity contribution >= 4 is 24.2 Å². The lowest BCUT2D eigenvalue weighted by Crippen LogP contribution is -2.39. The summed E-state index contributed by atoms with van der Waals surface area (Å²) in [4.78, 5) is 2.25. The lowest BCUT2D eigenvalue weighted by Gasteiger charge is -2.44. The van der Waals surface area contributed by atoms with Gasteiger partial charge < -0.3 is 4.43 Å². The largest absolute Gasteiger partial charge is 0.409 e. The summed E-state index contributed by atoms with van der Waals surface area (Å²) in [7, 11) is -1.50. The van der Waals surface area contributed by atoms with Crippen LogP contribution in [0.3, 0.4) is 0 Å². The number of fused-ring (bicyclic) bond motifs is 1. The molecule has 0 aromatic rings. The average Bonchev–Trinajstić information content (AvgIpc) is 3.04. The summed E-state index contributed by atoms with van der Waals surface area (Å²) in [6.07, 6.45) is 14.3. The van der Waals surface area contributed by atoms with E-state index >= 15 is 0 Å². The number of halogens is 1. The highest BCUT2D eigenvalue weighted by Gasteiger charge is 2.51. The van der Waals surface area contributed by atoms with Crippen molar-refractivity contribution in [2.45, 2.75) is 91.0 Å². The SMILES string of the molecule is C[C@H](C[C@H]1C=C[C@](C)(O[Si](C)(C)C)C1)[C@H]1CCC2/C(=C/Br)CCC[C@@]21C. The van der Waals surface area contributed by atoms with Gasteiger partial charge in [0.2, 0.25) is 0 Å². The van der Waals surface area contributed by atoms with E-state index in [0.29, 0.717) is 11.3 Å². The maximum atomic E-state index is 6.50. The zero-order valence-electron chi connectivity index (χ0n) is 17.8. The van der Waals surface area contributed by atoms with Gasteiger partial charge >= 0.3 is 0 Å². The normalized spacial score (nSPS) is 43.0. The van der Waals surface area contributed by atoms with Crippen LogP contribution in [-0.4, -0.2) is 13.9 Å². The van der Waals surface area contributed by atoms with Crippen LogP contribution >= 0.6 is 15.9 Å². The molecule has 3 aliphatic rings. The second-order valence-electron chi connectivity index (χ2n) is 10.8. The Balaban J connectivity index is 1.63. The van der Waals surface area contributed by atoms with Gasteiger partial charge in [-0.05, 0) is 106 Å². The molecule has 26 heavy (non-hydrogen) atoms. The van der Waals surface area contributed by atoms with Crippen molar-refractivity contribution in [3.63, 3.8) is 0 Å². The number of hydrogen-bond donors (Lipinski definition) is 0. The van der Waals surface area contributed by atoms with E-state index in [1.807, 2.05) is 0 Å². The Kier molecular flexibility index (Phi) is 6.03. The van der Waals surface area contributed by atoms with Crippen LogP contribution in [0.25, 0.3) is 0 Å². The predicted octanol–water partition coefficient (Wildman–Crippen LogP) is 7.69. The van der Waals surface area contributed by atoms with Crippen molar-refractivity contribution in [2.75, 3.05) is 0 Å². The third-order valence-corrected chi connectivity index (χ3v) is 9.13. The van der Waals surface area contributed by atoms with Gasteiger partial charge in [-0.15, -0.1) is 0 Å². The standard InChI is InChI=1S/C23H39BrOSi/c1-17(14-18-11-13-22(2,15-18)25-26(4,5)6)20-9-10-21-19(16-24)8-7-12-23(20,21)3/h11,13,16-18,20-21H,7-10,12,14-15H2,1-6H3/b19-16+/t17-,18-,20-,21?,22+,23-/m1/s1. The molecule has 1 nitrogen and oxygen atoms in total. The van der Waals surface area contributed by atoms with Gasteiger partial charge in [-0.2, -0.15) is 0 Å². The van der Waals surface area contributed by atoms with E-state index in [1.54, 1.807) is 5.57 Å². The molecule has 0 saturated heterocycles. The lowest BCUT2D eigenvalue weighted by atomic mass is 9.61. The fraction of sp³-hybridized carbons (Fsp3) is 0.826. The van der Waals surface area contributed by atoms with Crippen LogP contribution in [0.2, 0.25) is 19.6 Å². The molecule has 148 valence electrons. The highest BCUT2D eigenvalue weighted by Crippen LogP contribution is 2.60. The number of allylic oxidation sites excluding steroid dienone is 2. The molecule has 1 unspecified atom stereocenters. The highest BCUT2D eigenvalue weighted by atomic mass is 79.9. The van der Waals surface area contributed by atoms with Gasteiger partial charge in [0, 0.05) is 0 Å². The number of rotatable bonds is 5. The first-order chi connectivity index (χ1) is 12.1. The summed E-state index contributed by atoms with van der Waals surface area (Å²) in [5, 5.41) is 0. The fourth-order valence-corrected chi connectivity index (χ4v) is 8.82. The minimum Gasteiger partial charge on any atom is -0.409 e. The Bertz CT molecular complexity index is 577. The molecule has 0 aromatic carbocycles. The Hall–Kier alpha value is 0.137. The molecule has 6 atom stereocenters. The molecule has 3 aliphatic carbocycles. The molecule has 0 bridgehead atoms. The molecule has 0 aromatic heterocycles. The summed E-state index contributed by atoms with van der Waals surface area (Å²) in [5.41, 5.74) is 2.19. The number of hydrogen-bond acceptors (Lipinski definition) is 1. The molecule has 0 N–H and O–H groups in total. The second-order valence-corrected chi connectivity index (χ2v) is 15.7. The Morgan fingerprint density at radius 1 is 1.31 bits per heavy atom. The van der Waals surface area contributed by atoms with Gasteiger partial charge in [-0.1, -0.05) is 47.5 Å².